The fraction of sp³-hybridized carbons (Fsp3) is 0.444. The van der Waals surface area contributed by atoms with Gasteiger partial charge < -0.3 is 9.72 Å². The number of H-pyrrole nitrogens is 1. The van der Waals surface area contributed by atoms with E-state index in [-0.39, 0.29) is 16.8 Å². The van der Waals surface area contributed by atoms with E-state index in [1.54, 1.807) is 0 Å². The normalized spacial score (nSPS) is 15.1. The zero-order valence-electron chi connectivity index (χ0n) is 8.04. The summed E-state index contributed by atoms with van der Waals surface area (Å²) in [5.74, 6) is -0.495. The van der Waals surface area contributed by atoms with Crippen molar-refractivity contribution in [3.63, 3.8) is 0 Å². The lowest BCUT2D eigenvalue weighted by Gasteiger charge is -2.03. The molecule has 1 N–H and O–H groups in total. The zero-order chi connectivity index (χ0) is 11.0. The van der Waals surface area contributed by atoms with Gasteiger partial charge >= 0.3 is 5.97 Å². The molecular weight excluding hydrogens is 220 g/mol. The van der Waals surface area contributed by atoms with Gasteiger partial charge in [-0.1, -0.05) is 11.6 Å². The van der Waals surface area contributed by atoms with Gasteiger partial charge in [-0.05, 0) is 12.8 Å². The number of halogens is 1. The van der Waals surface area contributed by atoms with Gasteiger partial charge in [-0.25, -0.2) is 9.78 Å². The fourth-order valence-corrected chi connectivity index (χ4v) is 1.61. The quantitative estimate of drug-likeness (QED) is 0.769. The average molecular weight is 229 g/mol. The Labute approximate surface area is 90.4 Å². The number of nitrogens with one attached hydrogen (secondary N) is 1. The molecule has 0 atom stereocenters. The van der Waals surface area contributed by atoms with Gasteiger partial charge in [0.05, 0.1) is 12.8 Å². The minimum absolute atomic E-state index is 0.178. The topological polar surface area (TPSA) is 72.0 Å². The maximum Gasteiger partial charge on any atom is 0.362 e. The van der Waals surface area contributed by atoms with Crippen LogP contribution < -0.4 is 5.56 Å². The first kappa shape index (κ1) is 10.2. The van der Waals surface area contributed by atoms with E-state index in [2.05, 4.69) is 14.7 Å². The summed E-state index contributed by atoms with van der Waals surface area (Å²) in [6.07, 6.45) is 1.99. The van der Waals surface area contributed by atoms with Crippen molar-refractivity contribution < 1.29 is 9.53 Å². The number of nitrogens with zero attached hydrogens (tertiary/aromatic N) is 1. The summed E-state index contributed by atoms with van der Waals surface area (Å²) in [6, 6.07) is 0. The molecule has 0 spiro atoms. The van der Waals surface area contributed by atoms with Gasteiger partial charge in [0.15, 0.2) is 0 Å². The van der Waals surface area contributed by atoms with E-state index in [1.165, 1.54) is 7.11 Å². The zero-order valence-corrected chi connectivity index (χ0v) is 8.80. The molecule has 0 amide bonds. The summed E-state index contributed by atoms with van der Waals surface area (Å²) in [4.78, 5) is 28.9. The Morgan fingerprint density at radius 3 is 2.80 bits per heavy atom. The highest BCUT2D eigenvalue weighted by atomic mass is 35.5. The third-order valence-electron chi connectivity index (χ3n) is 2.26. The first-order valence-corrected chi connectivity index (χ1v) is 4.89. The Hall–Kier alpha value is -1.36. The average Bonchev–Trinajstić information content (AvgIpc) is 3.03. The molecular formula is C9H9ClN2O3. The predicted octanol–water partition coefficient (Wildman–Crippen LogP) is 1.09. The smallest absolute Gasteiger partial charge is 0.362 e. The molecule has 15 heavy (non-hydrogen) atoms. The van der Waals surface area contributed by atoms with Crippen LogP contribution in [-0.4, -0.2) is 23.0 Å². The van der Waals surface area contributed by atoms with Crippen LogP contribution in [0.3, 0.4) is 0 Å². The van der Waals surface area contributed by atoms with Gasteiger partial charge in [-0.2, -0.15) is 0 Å². The summed E-state index contributed by atoms with van der Waals surface area (Å²) in [6.45, 7) is 0. The molecule has 1 heterocycles. The number of aromatic nitrogens is 2. The molecule has 0 radical (unpaired) electrons. The van der Waals surface area contributed by atoms with Gasteiger partial charge in [-0.3, -0.25) is 4.79 Å². The lowest BCUT2D eigenvalue weighted by molar-refractivity contribution is 0.0591. The van der Waals surface area contributed by atoms with Crippen molar-refractivity contribution in [2.45, 2.75) is 18.8 Å². The minimum atomic E-state index is -0.777. The molecule has 0 unspecified atom stereocenters. The Kier molecular flexibility index (Phi) is 2.48. The standard InChI is InChI=1S/C9H9ClN2O3/c1-15-9(14)6-8(13)12-5(4-2-3-4)7(10)11-6/h4H,2-3H2,1H3,(H,12,13). The monoisotopic (exact) mass is 228 g/mol. The molecule has 0 bridgehead atoms. The van der Waals surface area contributed by atoms with Crippen molar-refractivity contribution in [3.8, 4) is 0 Å². The molecule has 1 saturated carbocycles. The molecule has 1 aliphatic rings. The molecule has 6 heteroatoms. The summed E-state index contributed by atoms with van der Waals surface area (Å²) >= 11 is 5.85. The van der Waals surface area contributed by atoms with Crippen LogP contribution >= 0.6 is 11.6 Å². The highest BCUT2D eigenvalue weighted by molar-refractivity contribution is 6.30. The Bertz CT molecular complexity index is 465. The van der Waals surface area contributed by atoms with Crippen LogP contribution in [0.2, 0.25) is 5.15 Å². The van der Waals surface area contributed by atoms with E-state index in [4.69, 9.17) is 11.6 Å². The number of hydrogen-bond acceptors (Lipinski definition) is 4. The number of methoxy groups -OCH3 is 1. The summed E-state index contributed by atoms with van der Waals surface area (Å²) < 4.78 is 4.41. The van der Waals surface area contributed by atoms with Crippen molar-refractivity contribution in [3.05, 3.63) is 26.9 Å². The number of carbonyl (C=O) groups is 1. The molecule has 1 aromatic heterocycles. The van der Waals surface area contributed by atoms with Crippen LogP contribution in [0.5, 0.6) is 0 Å². The van der Waals surface area contributed by atoms with Crippen LogP contribution in [0.15, 0.2) is 4.79 Å². The Balaban J connectivity index is 2.47. The molecule has 1 fully saturated rings. The largest absolute Gasteiger partial charge is 0.464 e. The molecule has 2 rings (SSSR count). The van der Waals surface area contributed by atoms with Crippen LogP contribution in [-0.2, 0) is 4.74 Å². The van der Waals surface area contributed by atoms with E-state index < -0.39 is 11.5 Å². The first-order chi connectivity index (χ1) is 7.13. The molecule has 0 saturated heterocycles. The van der Waals surface area contributed by atoms with E-state index in [9.17, 15) is 9.59 Å². The second-order valence-corrected chi connectivity index (χ2v) is 3.74. The highest BCUT2D eigenvalue weighted by Crippen LogP contribution is 2.40. The van der Waals surface area contributed by atoms with Crippen LogP contribution in [0.4, 0.5) is 0 Å². The van der Waals surface area contributed by atoms with Gasteiger partial charge in [0, 0.05) is 5.92 Å². The van der Waals surface area contributed by atoms with E-state index in [1.807, 2.05) is 0 Å². The van der Waals surface area contributed by atoms with Gasteiger partial charge in [-0.15, -0.1) is 0 Å². The second-order valence-electron chi connectivity index (χ2n) is 3.38. The number of ether oxygens (including phenoxy) is 1. The number of rotatable bonds is 2. The van der Waals surface area contributed by atoms with Crippen molar-refractivity contribution in [2.24, 2.45) is 0 Å². The number of aromatic amines is 1. The van der Waals surface area contributed by atoms with Crippen molar-refractivity contribution in [2.75, 3.05) is 7.11 Å². The maximum absolute atomic E-state index is 11.4. The number of carbonyl (C=O) groups excluding carboxylic acids is 1. The molecule has 5 nitrogen and oxygen atoms in total. The van der Waals surface area contributed by atoms with Crippen molar-refractivity contribution in [1.29, 1.82) is 0 Å². The third-order valence-corrected chi connectivity index (χ3v) is 2.55. The van der Waals surface area contributed by atoms with Crippen molar-refractivity contribution >= 4 is 17.6 Å². The summed E-state index contributed by atoms with van der Waals surface area (Å²) in [5.41, 5.74) is -0.227. The highest BCUT2D eigenvalue weighted by Gasteiger charge is 2.29. The van der Waals surface area contributed by atoms with Gasteiger partial charge in [0.25, 0.3) is 5.56 Å². The lowest BCUT2D eigenvalue weighted by Crippen LogP contribution is -2.22. The predicted molar refractivity (Wildman–Crippen MR) is 53.2 cm³/mol. The van der Waals surface area contributed by atoms with E-state index >= 15 is 0 Å². The minimum Gasteiger partial charge on any atom is -0.464 e. The van der Waals surface area contributed by atoms with Gasteiger partial charge in [0.2, 0.25) is 5.69 Å². The SMILES string of the molecule is COC(=O)c1nc(Cl)c(C2CC2)[nH]c1=O. The second kappa shape index (κ2) is 3.66. The third kappa shape index (κ3) is 1.87. The number of esters is 1. The molecule has 80 valence electrons. The lowest BCUT2D eigenvalue weighted by atomic mass is 10.3. The fourth-order valence-electron chi connectivity index (χ4n) is 1.32. The number of hydrogen-bond donors (Lipinski definition) is 1. The van der Waals surface area contributed by atoms with E-state index in [0.29, 0.717) is 5.69 Å². The summed E-state index contributed by atoms with van der Waals surface area (Å²) in [7, 11) is 1.19. The summed E-state index contributed by atoms with van der Waals surface area (Å²) in [5, 5.41) is 0.178. The van der Waals surface area contributed by atoms with Crippen LogP contribution in [0.25, 0.3) is 0 Å². The molecule has 1 aliphatic carbocycles. The molecule has 0 aliphatic heterocycles. The first-order valence-electron chi connectivity index (χ1n) is 4.51. The molecule has 1 aromatic rings. The Morgan fingerprint density at radius 1 is 1.60 bits per heavy atom. The van der Waals surface area contributed by atoms with Crippen LogP contribution in [0, 0.1) is 0 Å². The Morgan fingerprint density at radius 2 is 2.27 bits per heavy atom. The maximum atomic E-state index is 11.4. The van der Waals surface area contributed by atoms with Crippen molar-refractivity contribution in [1.82, 2.24) is 9.97 Å². The van der Waals surface area contributed by atoms with Gasteiger partial charge in [0.1, 0.15) is 5.15 Å². The molecule has 0 aromatic carbocycles. The van der Waals surface area contributed by atoms with Crippen LogP contribution in [0.1, 0.15) is 34.9 Å². The van der Waals surface area contributed by atoms with E-state index in [0.717, 1.165) is 12.8 Å².